The Bertz CT molecular complexity index is 1590. The van der Waals surface area contributed by atoms with Gasteiger partial charge in [-0.3, -0.25) is 9.59 Å². The number of benzene rings is 3. The van der Waals surface area contributed by atoms with Gasteiger partial charge < -0.3 is 24.5 Å². The van der Waals surface area contributed by atoms with Crippen LogP contribution in [0.15, 0.2) is 54.7 Å². The third-order valence-electron chi connectivity index (χ3n) is 7.25. The Labute approximate surface area is 225 Å². The smallest absolute Gasteiger partial charge is 0.252 e. The van der Waals surface area contributed by atoms with E-state index in [0.717, 1.165) is 21.7 Å². The molecular formula is C30H29ClN2O5. The molecule has 7 nitrogen and oxygen atoms in total. The number of ketones is 1. The highest BCUT2D eigenvalue weighted by molar-refractivity contribution is 6.31. The van der Waals surface area contributed by atoms with Crippen molar-refractivity contribution in [2.45, 2.75) is 51.0 Å². The zero-order valence-electron chi connectivity index (χ0n) is 21.3. The van der Waals surface area contributed by atoms with Crippen LogP contribution in [-0.2, 0) is 16.0 Å². The van der Waals surface area contributed by atoms with E-state index in [0.29, 0.717) is 29.7 Å². The lowest BCUT2D eigenvalue weighted by Crippen LogP contribution is -2.24. The van der Waals surface area contributed by atoms with Gasteiger partial charge in [0.1, 0.15) is 11.9 Å². The summed E-state index contributed by atoms with van der Waals surface area (Å²) >= 11 is 6.10. The lowest BCUT2D eigenvalue weighted by Gasteiger charge is -2.17. The maximum Gasteiger partial charge on any atom is 0.252 e. The number of carbonyl (C=O) groups is 2. The van der Waals surface area contributed by atoms with Crippen molar-refractivity contribution >= 4 is 45.0 Å². The molecule has 0 spiro atoms. The van der Waals surface area contributed by atoms with Crippen LogP contribution >= 0.6 is 11.6 Å². The molecule has 1 aliphatic carbocycles. The molecule has 1 atom stereocenters. The van der Waals surface area contributed by atoms with Gasteiger partial charge in [0.25, 0.3) is 5.91 Å². The van der Waals surface area contributed by atoms with Crippen molar-refractivity contribution in [2.75, 3.05) is 13.2 Å². The third-order valence-corrected chi connectivity index (χ3v) is 7.48. The van der Waals surface area contributed by atoms with Crippen LogP contribution in [0, 0.1) is 0 Å². The third kappa shape index (κ3) is 4.89. The monoisotopic (exact) mass is 532 g/mol. The highest BCUT2D eigenvalue weighted by atomic mass is 35.5. The molecule has 38 heavy (non-hydrogen) atoms. The highest BCUT2D eigenvalue weighted by Crippen LogP contribution is 2.41. The van der Waals surface area contributed by atoms with Crippen LogP contribution in [0.4, 0.5) is 0 Å². The fourth-order valence-corrected chi connectivity index (χ4v) is 5.39. The molecule has 1 aromatic heterocycles. The van der Waals surface area contributed by atoms with Crippen LogP contribution in [0.2, 0.25) is 5.02 Å². The predicted octanol–water partition coefficient (Wildman–Crippen LogP) is 5.84. The average Bonchev–Trinajstić information content (AvgIpc) is 3.59. The Kier molecular flexibility index (Phi) is 6.17. The number of nitrogens with two attached hydrogens (primary N) is 1. The standard InChI is InChI=1S/C30H29ClN2O5/c1-30(2)37-15-22(38-30)13-33-14-25(23-8-6-18(11-26(23)33)17-3-4-17)27(34)16-36-28-12-19-5-7-21(31)9-20(19)10-24(28)29(32)35/h5-12,14,17,22H,3-4,13,15-16H2,1-2H3,(H2,32,35). The zero-order valence-corrected chi connectivity index (χ0v) is 22.1. The van der Waals surface area contributed by atoms with Gasteiger partial charge in [-0.1, -0.05) is 29.8 Å². The number of aromatic nitrogens is 1. The van der Waals surface area contributed by atoms with E-state index in [1.807, 2.05) is 32.2 Å². The van der Waals surface area contributed by atoms with Gasteiger partial charge in [0.2, 0.25) is 5.78 Å². The first-order valence-electron chi connectivity index (χ1n) is 12.8. The number of Topliss-reactive ketones (excluding diaryl/α,β-unsaturated/α-hetero) is 1. The minimum atomic E-state index is -0.639. The number of nitrogens with zero attached hydrogens (tertiary/aromatic N) is 1. The molecule has 0 bridgehead atoms. The largest absolute Gasteiger partial charge is 0.485 e. The Balaban J connectivity index is 1.30. The molecule has 2 fully saturated rings. The summed E-state index contributed by atoms with van der Waals surface area (Å²) in [6.45, 7) is 4.63. The summed E-state index contributed by atoms with van der Waals surface area (Å²) in [7, 11) is 0. The van der Waals surface area contributed by atoms with Gasteiger partial charge in [-0.2, -0.15) is 0 Å². The van der Waals surface area contributed by atoms with Crippen molar-refractivity contribution in [3.63, 3.8) is 0 Å². The van der Waals surface area contributed by atoms with Crippen LogP contribution in [0.5, 0.6) is 5.75 Å². The van der Waals surface area contributed by atoms with Crippen molar-refractivity contribution in [1.82, 2.24) is 4.57 Å². The predicted molar refractivity (Wildman–Crippen MR) is 146 cm³/mol. The Hall–Kier alpha value is -3.39. The normalized spacial score (nSPS) is 18.8. The summed E-state index contributed by atoms with van der Waals surface area (Å²) in [5.74, 6) is -0.601. The van der Waals surface area contributed by atoms with Crippen LogP contribution in [0.1, 0.15) is 58.9 Å². The summed E-state index contributed by atoms with van der Waals surface area (Å²) in [4.78, 5) is 25.6. The Morgan fingerprint density at radius 3 is 2.61 bits per heavy atom. The maximum atomic E-state index is 13.5. The molecule has 4 aromatic rings. The second kappa shape index (κ2) is 9.42. The summed E-state index contributed by atoms with van der Waals surface area (Å²) in [6.07, 6.45) is 4.15. The number of fused-ring (bicyclic) bond motifs is 2. The van der Waals surface area contributed by atoms with E-state index in [9.17, 15) is 9.59 Å². The first-order valence-corrected chi connectivity index (χ1v) is 13.2. The maximum absolute atomic E-state index is 13.5. The quantitative estimate of drug-likeness (QED) is 0.288. The second-order valence-electron chi connectivity index (χ2n) is 10.6. The number of amides is 1. The summed E-state index contributed by atoms with van der Waals surface area (Å²) in [6, 6.07) is 15.0. The molecule has 196 valence electrons. The van der Waals surface area contributed by atoms with Gasteiger partial charge in [0.15, 0.2) is 12.4 Å². The van der Waals surface area contributed by atoms with Crippen molar-refractivity contribution in [3.05, 3.63) is 76.4 Å². The van der Waals surface area contributed by atoms with E-state index in [1.165, 1.54) is 18.4 Å². The van der Waals surface area contributed by atoms with Crippen LogP contribution in [-0.4, -0.2) is 41.4 Å². The first kappa shape index (κ1) is 24.9. The fraction of sp³-hybridized carbons (Fsp3) is 0.333. The number of rotatable bonds is 8. The second-order valence-corrected chi connectivity index (χ2v) is 11.0. The van der Waals surface area contributed by atoms with Gasteiger partial charge in [-0.05, 0) is 79.3 Å². The number of hydrogen-bond acceptors (Lipinski definition) is 5. The minimum absolute atomic E-state index is 0.117. The molecule has 1 saturated heterocycles. The average molecular weight is 533 g/mol. The molecule has 0 radical (unpaired) electrons. The topological polar surface area (TPSA) is 92.8 Å². The lowest BCUT2D eigenvalue weighted by molar-refractivity contribution is -0.139. The van der Waals surface area contributed by atoms with E-state index in [2.05, 4.69) is 16.7 Å². The zero-order chi connectivity index (χ0) is 26.6. The Morgan fingerprint density at radius 1 is 1.08 bits per heavy atom. The molecule has 2 heterocycles. The van der Waals surface area contributed by atoms with E-state index < -0.39 is 11.7 Å². The van der Waals surface area contributed by atoms with Gasteiger partial charge in [0.05, 0.1) is 18.7 Å². The van der Waals surface area contributed by atoms with Crippen LogP contribution in [0.25, 0.3) is 21.7 Å². The van der Waals surface area contributed by atoms with E-state index >= 15 is 0 Å². The molecule has 1 aliphatic heterocycles. The summed E-state index contributed by atoms with van der Waals surface area (Å²) in [5, 5.41) is 3.01. The van der Waals surface area contributed by atoms with Gasteiger partial charge >= 0.3 is 0 Å². The molecule has 1 unspecified atom stereocenters. The molecular weight excluding hydrogens is 504 g/mol. The highest BCUT2D eigenvalue weighted by Gasteiger charge is 2.33. The van der Waals surface area contributed by atoms with Crippen LogP contribution < -0.4 is 10.5 Å². The number of ether oxygens (including phenoxy) is 3. The summed E-state index contributed by atoms with van der Waals surface area (Å²) < 4.78 is 19.8. The van der Waals surface area contributed by atoms with Gasteiger partial charge in [-0.25, -0.2) is 0 Å². The van der Waals surface area contributed by atoms with Crippen molar-refractivity contribution < 1.29 is 23.8 Å². The van der Waals surface area contributed by atoms with Crippen molar-refractivity contribution in [3.8, 4) is 5.75 Å². The summed E-state index contributed by atoms with van der Waals surface area (Å²) in [5.41, 5.74) is 8.66. The fourth-order valence-electron chi connectivity index (χ4n) is 5.21. The van der Waals surface area contributed by atoms with Gasteiger partial charge in [-0.15, -0.1) is 0 Å². The number of halogens is 1. The molecule has 2 aliphatic rings. The van der Waals surface area contributed by atoms with E-state index in [-0.39, 0.29) is 29.8 Å². The number of hydrogen-bond donors (Lipinski definition) is 1. The minimum Gasteiger partial charge on any atom is -0.485 e. The molecule has 1 amide bonds. The van der Waals surface area contributed by atoms with E-state index in [4.69, 9.17) is 31.5 Å². The molecule has 1 saturated carbocycles. The molecule has 2 N–H and O–H groups in total. The molecule has 8 heteroatoms. The lowest BCUT2D eigenvalue weighted by atomic mass is 10.0. The molecule has 6 rings (SSSR count). The van der Waals surface area contributed by atoms with Gasteiger partial charge in [0, 0.05) is 27.7 Å². The number of primary amides is 1. The van der Waals surface area contributed by atoms with Crippen LogP contribution in [0.3, 0.4) is 0 Å². The Morgan fingerprint density at radius 2 is 1.89 bits per heavy atom. The SMILES string of the molecule is CC1(C)OCC(Cn2cc(C(=O)COc3cc4ccc(Cl)cc4cc3C(N)=O)c3ccc(C4CC4)cc32)O1. The van der Waals surface area contributed by atoms with Crippen molar-refractivity contribution in [2.24, 2.45) is 5.73 Å². The van der Waals surface area contributed by atoms with Crippen molar-refractivity contribution in [1.29, 1.82) is 0 Å². The van der Waals surface area contributed by atoms with E-state index in [1.54, 1.807) is 24.3 Å². The first-order chi connectivity index (χ1) is 18.2. The molecule has 3 aromatic carbocycles. The number of carbonyl (C=O) groups excluding carboxylic acids is 2.